The fraction of sp³-hybridized carbons (Fsp3) is 0.643. The summed E-state index contributed by atoms with van der Waals surface area (Å²) < 4.78 is 5.75. The zero-order valence-electron chi connectivity index (χ0n) is 22.2. The van der Waals surface area contributed by atoms with Crippen LogP contribution in [-0.4, -0.2) is 85.8 Å². The number of benzene rings is 1. The summed E-state index contributed by atoms with van der Waals surface area (Å²) in [5, 5.41) is 4.72. The number of fused-ring (bicyclic) bond motifs is 1. The summed E-state index contributed by atoms with van der Waals surface area (Å²) in [5.74, 6) is 9.09. The van der Waals surface area contributed by atoms with Crippen molar-refractivity contribution >= 4 is 22.7 Å². The number of methoxy groups -OCH3 is 1. The molecule has 7 heteroatoms. The minimum Gasteiger partial charge on any atom is -0.495 e. The summed E-state index contributed by atoms with van der Waals surface area (Å²) in [4.78, 5) is 16.7. The van der Waals surface area contributed by atoms with Crippen molar-refractivity contribution in [2.24, 2.45) is 0 Å². The van der Waals surface area contributed by atoms with Crippen LogP contribution >= 0.6 is 0 Å². The molecule has 0 unspecified atom stereocenters. The first-order valence-corrected chi connectivity index (χ1v) is 13.2. The lowest BCUT2D eigenvalue weighted by Gasteiger charge is -2.35. The topological polar surface area (TPSA) is 56.8 Å². The summed E-state index contributed by atoms with van der Waals surface area (Å²) in [6.07, 6.45) is 7.08. The molecule has 2 aromatic rings. The Morgan fingerprint density at radius 3 is 2.49 bits per heavy atom. The maximum absolute atomic E-state index is 5.75. The van der Waals surface area contributed by atoms with E-state index in [0.29, 0.717) is 18.0 Å². The smallest absolute Gasteiger partial charge is 0.227 e. The van der Waals surface area contributed by atoms with Crippen LogP contribution in [0.4, 0.5) is 11.8 Å². The number of ether oxygens (including phenoxy) is 1. The van der Waals surface area contributed by atoms with Gasteiger partial charge in [0.05, 0.1) is 18.2 Å². The van der Waals surface area contributed by atoms with Crippen molar-refractivity contribution < 1.29 is 4.74 Å². The standard InChI is InChI=1S/C28H42N6O/c1-21(2)34-17-12-23(13-18-34)29-27-24-20-26(35-5)22(19-25(24)30-28(31-27)32(3)4)11-7-10-16-33-14-8-6-9-15-33/h19-21,23H,6,8-10,12-18H2,1-5H3,(H,29,30,31). The van der Waals surface area contributed by atoms with Gasteiger partial charge in [-0.25, -0.2) is 4.98 Å². The number of anilines is 2. The third-order valence-electron chi connectivity index (χ3n) is 7.23. The largest absolute Gasteiger partial charge is 0.495 e. The molecular weight excluding hydrogens is 436 g/mol. The number of aromatic nitrogens is 2. The van der Waals surface area contributed by atoms with Crippen molar-refractivity contribution in [3.05, 3.63) is 17.7 Å². The predicted molar refractivity (Wildman–Crippen MR) is 146 cm³/mol. The molecule has 2 fully saturated rings. The lowest BCUT2D eigenvalue weighted by atomic mass is 10.0. The quantitative estimate of drug-likeness (QED) is 0.598. The molecule has 3 heterocycles. The lowest BCUT2D eigenvalue weighted by molar-refractivity contribution is 0.177. The van der Waals surface area contributed by atoms with Crippen LogP contribution in [0.1, 0.15) is 57.9 Å². The zero-order valence-corrected chi connectivity index (χ0v) is 22.2. The van der Waals surface area contributed by atoms with Gasteiger partial charge in [-0.3, -0.25) is 0 Å². The Morgan fingerprint density at radius 1 is 1.09 bits per heavy atom. The first-order chi connectivity index (χ1) is 16.9. The summed E-state index contributed by atoms with van der Waals surface area (Å²) in [6, 6.07) is 5.11. The molecule has 2 aliphatic rings. The van der Waals surface area contributed by atoms with E-state index in [2.05, 4.69) is 52.9 Å². The van der Waals surface area contributed by atoms with Gasteiger partial charge in [-0.1, -0.05) is 18.3 Å². The van der Waals surface area contributed by atoms with Crippen molar-refractivity contribution in [3.63, 3.8) is 0 Å². The van der Waals surface area contributed by atoms with E-state index in [1.54, 1.807) is 7.11 Å². The third kappa shape index (κ3) is 6.56. The Kier molecular flexibility index (Phi) is 8.69. The van der Waals surface area contributed by atoms with Crippen LogP contribution < -0.4 is 15.0 Å². The van der Waals surface area contributed by atoms with Gasteiger partial charge in [0.1, 0.15) is 11.6 Å². The van der Waals surface area contributed by atoms with E-state index >= 15 is 0 Å². The van der Waals surface area contributed by atoms with E-state index < -0.39 is 0 Å². The molecule has 35 heavy (non-hydrogen) atoms. The molecule has 0 radical (unpaired) electrons. The molecule has 0 spiro atoms. The molecule has 7 nitrogen and oxygen atoms in total. The maximum atomic E-state index is 5.75. The minimum atomic E-state index is 0.401. The van der Waals surface area contributed by atoms with Gasteiger partial charge < -0.3 is 24.8 Å². The van der Waals surface area contributed by atoms with E-state index in [1.807, 2.05) is 19.0 Å². The van der Waals surface area contributed by atoms with Gasteiger partial charge in [0, 0.05) is 57.6 Å². The second-order valence-electron chi connectivity index (χ2n) is 10.3. The number of likely N-dealkylation sites (tertiary alicyclic amines) is 2. The summed E-state index contributed by atoms with van der Waals surface area (Å²) in [5.41, 5.74) is 1.78. The average Bonchev–Trinajstić information content (AvgIpc) is 2.87. The molecule has 0 saturated carbocycles. The number of rotatable bonds is 7. The second kappa shape index (κ2) is 11.9. The van der Waals surface area contributed by atoms with Crippen LogP contribution in [0.3, 0.4) is 0 Å². The van der Waals surface area contributed by atoms with Crippen molar-refractivity contribution in [1.29, 1.82) is 0 Å². The number of nitrogens with one attached hydrogen (secondary N) is 1. The molecule has 0 amide bonds. The summed E-state index contributed by atoms with van der Waals surface area (Å²) >= 11 is 0. The SMILES string of the molecule is COc1cc2c(NC3CCN(C(C)C)CC3)nc(N(C)C)nc2cc1C#CCCN1CCCCC1. The number of nitrogens with zero attached hydrogens (tertiary/aromatic N) is 5. The summed E-state index contributed by atoms with van der Waals surface area (Å²) in [6.45, 7) is 10.2. The number of piperidine rings is 2. The van der Waals surface area contributed by atoms with Gasteiger partial charge in [0.25, 0.3) is 0 Å². The van der Waals surface area contributed by atoms with Gasteiger partial charge in [0.15, 0.2) is 0 Å². The van der Waals surface area contributed by atoms with E-state index in [1.165, 1.54) is 32.4 Å². The molecule has 1 aromatic carbocycles. The molecule has 4 rings (SSSR count). The molecule has 1 N–H and O–H groups in total. The van der Waals surface area contributed by atoms with Gasteiger partial charge in [-0.05, 0) is 64.8 Å². The second-order valence-corrected chi connectivity index (χ2v) is 10.3. The van der Waals surface area contributed by atoms with Gasteiger partial charge in [-0.15, -0.1) is 0 Å². The average molecular weight is 479 g/mol. The Bertz CT molecular complexity index is 1040. The van der Waals surface area contributed by atoms with Crippen molar-refractivity contribution in [1.82, 2.24) is 19.8 Å². The van der Waals surface area contributed by atoms with Crippen LogP contribution in [-0.2, 0) is 0 Å². The molecular formula is C28H42N6O. The number of hydrogen-bond donors (Lipinski definition) is 1. The molecule has 2 saturated heterocycles. The van der Waals surface area contributed by atoms with Crippen LogP contribution in [0, 0.1) is 11.8 Å². The minimum absolute atomic E-state index is 0.401. The zero-order chi connectivity index (χ0) is 24.8. The Balaban J connectivity index is 1.56. The molecule has 0 aliphatic carbocycles. The Hall–Kier alpha value is -2.56. The van der Waals surface area contributed by atoms with Crippen LogP contribution in [0.25, 0.3) is 10.9 Å². The maximum Gasteiger partial charge on any atom is 0.227 e. The highest BCUT2D eigenvalue weighted by atomic mass is 16.5. The fourth-order valence-corrected chi connectivity index (χ4v) is 5.03. The highest BCUT2D eigenvalue weighted by molar-refractivity contribution is 5.92. The monoisotopic (exact) mass is 478 g/mol. The first kappa shape index (κ1) is 25.5. The van der Waals surface area contributed by atoms with Crippen LogP contribution in [0.2, 0.25) is 0 Å². The van der Waals surface area contributed by atoms with Gasteiger partial charge in [0.2, 0.25) is 5.95 Å². The number of hydrogen-bond acceptors (Lipinski definition) is 7. The molecule has 1 aromatic heterocycles. The lowest BCUT2D eigenvalue weighted by Crippen LogP contribution is -2.42. The molecule has 190 valence electrons. The Morgan fingerprint density at radius 2 is 1.83 bits per heavy atom. The van der Waals surface area contributed by atoms with E-state index in [0.717, 1.165) is 66.9 Å². The van der Waals surface area contributed by atoms with Crippen molar-refractivity contribution in [2.45, 2.75) is 64.5 Å². The van der Waals surface area contributed by atoms with E-state index in [4.69, 9.17) is 14.7 Å². The Labute approximate surface area is 211 Å². The van der Waals surface area contributed by atoms with Gasteiger partial charge in [-0.2, -0.15) is 4.98 Å². The highest BCUT2D eigenvalue weighted by Crippen LogP contribution is 2.31. The molecule has 0 bridgehead atoms. The van der Waals surface area contributed by atoms with Crippen molar-refractivity contribution in [3.8, 4) is 17.6 Å². The molecule has 2 aliphatic heterocycles. The first-order valence-electron chi connectivity index (χ1n) is 13.2. The van der Waals surface area contributed by atoms with E-state index in [9.17, 15) is 0 Å². The van der Waals surface area contributed by atoms with Crippen LogP contribution in [0.5, 0.6) is 5.75 Å². The fourth-order valence-electron chi connectivity index (χ4n) is 5.03. The third-order valence-corrected chi connectivity index (χ3v) is 7.23. The summed E-state index contributed by atoms with van der Waals surface area (Å²) in [7, 11) is 5.68. The van der Waals surface area contributed by atoms with Crippen LogP contribution in [0.15, 0.2) is 12.1 Å². The van der Waals surface area contributed by atoms with E-state index in [-0.39, 0.29) is 0 Å². The molecule has 0 atom stereocenters. The predicted octanol–water partition coefficient (Wildman–Crippen LogP) is 4.22. The van der Waals surface area contributed by atoms with Crippen molar-refractivity contribution in [2.75, 3.05) is 64.1 Å². The highest BCUT2D eigenvalue weighted by Gasteiger charge is 2.22. The van der Waals surface area contributed by atoms with Gasteiger partial charge >= 0.3 is 0 Å². The normalized spacial score (nSPS) is 17.9.